The van der Waals surface area contributed by atoms with E-state index in [1.165, 1.54) is 6.08 Å². The topological polar surface area (TPSA) is 140 Å². The molecule has 300 valence electrons. The van der Waals surface area contributed by atoms with Crippen LogP contribution in [-0.4, -0.2) is 81.0 Å². The summed E-state index contributed by atoms with van der Waals surface area (Å²) in [6.45, 7) is 14.1. The number of hydrogen-bond acceptors (Lipinski definition) is 9. The first-order chi connectivity index (χ1) is 27.2. The molecule has 1 aromatic carbocycles. The van der Waals surface area contributed by atoms with Gasteiger partial charge in [-0.1, -0.05) is 69.6 Å². The number of hydrogen-bond donors (Lipinski definition) is 3. The van der Waals surface area contributed by atoms with Crippen molar-refractivity contribution >= 4 is 56.0 Å². The monoisotopic (exact) mass is 886 g/mol. The lowest BCUT2D eigenvalue weighted by molar-refractivity contribution is -0.339. The van der Waals surface area contributed by atoms with E-state index in [1.807, 2.05) is 37.3 Å². The average molecular weight is 887 g/mol. The minimum absolute atomic E-state index is 0.176. The number of nitrogens with zero attached hydrogens (tertiary/aromatic N) is 1. The number of ether oxygens (including phenoxy) is 4. The molecule has 11 heteroatoms. The third-order valence-corrected chi connectivity index (χ3v) is 13.1. The second kappa shape index (κ2) is 16.5. The van der Waals surface area contributed by atoms with Gasteiger partial charge in [0.05, 0.1) is 35.6 Å². The van der Waals surface area contributed by atoms with Crippen LogP contribution in [0.25, 0.3) is 21.8 Å². The van der Waals surface area contributed by atoms with E-state index in [2.05, 4.69) is 77.0 Å². The molecule has 3 aromatic rings. The number of benzene rings is 1. The lowest BCUT2D eigenvalue weighted by atomic mass is 9.70. The maximum atomic E-state index is 15.0. The molecule has 2 aromatic heterocycles. The van der Waals surface area contributed by atoms with E-state index >= 15 is 4.79 Å². The number of aromatic nitrogens is 2. The molecule has 57 heavy (non-hydrogen) atoms. The van der Waals surface area contributed by atoms with Crippen LogP contribution >= 0.6 is 22.6 Å². The van der Waals surface area contributed by atoms with E-state index < -0.39 is 53.8 Å². The van der Waals surface area contributed by atoms with Crippen molar-refractivity contribution in [2.45, 2.75) is 117 Å². The number of para-hydroxylation sites is 1. The zero-order chi connectivity index (χ0) is 40.8. The third-order valence-electron chi connectivity index (χ3n) is 12.2. The number of carbonyl (C=O) groups is 2. The van der Waals surface area contributed by atoms with Gasteiger partial charge in [0, 0.05) is 32.5 Å². The van der Waals surface area contributed by atoms with Crippen LogP contribution < -0.4 is 0 Å². The molecule has 2 aliphatic carbocycles. The van der Waals surface area contributed by atoms with E-state index in [-0.39, 0.29) is 23.8 Å². The number of carbonyl (C=O) groups excluding carboxylic acids is 2. The fourth-order valence-electron chi connectivity index (χ4n) is 8.74. The van der Waals surface area contributed by atoms with Gasteiger partial charge in [0.1, 0.15) is 24.0 Å². The number of pyridine rings is 1. The zero-order valence-electron chi connectivity index (χ0n) is 33.5. The van der Waals surface area contributed by atoms with Crippen LogP contribution in [0, 0.1) is 50.4 Å². The van der Waals surface area contributed by atoms with E-state index in [1.54, 1.807) is 33.0 Å². The van der Waals surface area contributed by atoms with Gasteiger partial charge in [-0.25, -0.2) is 0 Å². The smallest absolute Gasteiger partial charge is 0.194 e. The summed E-state index contributed by atoms with van der Waals surface area (Å²) < 4.78 is 27.5. The average Bonchev–Trinajstić information content (AvgIpc) is 3.56. The van der Waals surface area contributed by atoms with Gasteiger partial charge in [-0.15, -0.1) is 0 Å². The van der Waals surface area contributed by atoms with E-state index in [4.69, 9.17) is 18.9 Å². The highest BCUT2D eigenvalue weighted by molar-refractivity contribution is 14.1. The summed E-state index contributed by atoms with van der Waals surface area (Å²) in [6, 6.07) is 7.84. The number of fused-ring (bicyclic) bond motifs is 5. The third kappa shape index (κ3) is 7.69. The molecule has 0 radical (unpaired) electrons. The molecule has 8 unspecified atom stereocenters. The molecular formula is C46H51IN2O8. The largest absolute Gasteiger partial charge is 0.389 e. The molecular weight excluding hydrogens is 835 g/mol. The van der Waals surface area contributed by atoms with Gasteiger partial charge in [-0.2, -0.15) is 0 Å². The summed E-state index contributed by atoms with van der Waals surface area (Å²) in [7, 11) is 0. The lowest BCUT2D eigenvalue weighted by Gasteiger charge is -2.50. The molecule has 7 rings (SSSR count). The van der Waals surface area contributed by atoms with Crippen molar-refractivity contribution in [2.24, 2.45) is 23.2 Å². The highest BCUT2D eigenvalue weighted by atomic mass is 127. The molecule has 0 saturated carbocycles. The fourth-order valence-corrected chi connectivity index (χ4v) is 9.37. The van der Waals surface area contributed by atoms with Gasteiger partial charge in [0.25, 0.3) is 0 Å². The Labute approximate surface area is 348 Å². The van der Waals surface area contributed by atoms with Crippen LogP contribution in [0.2, 0.25) is 0 Å². The van der Waals surface area contributed by atoms with Crippen molar-refractivity contribution in [3.8, 4) is 23.7 Å². The number of nitrogens with one attached hydrogen (secondary N) is 1. The summed E-state index contributed by atoms with van der Waals surface area (Å²) in [5, 5.41) is 26.3. The summed E-state index contributed by atoms with van der Waals surface area (Å²) >= 11 is 2.26. The first-order valence-electron chi connectivity index (χ1n) is 19.9. The summed E-state index contributed by atoms with van der Waals surface area (Å²) in [6.07, 6.45) is 1.68. The first kappa shape index (κ1) is 41.5. The molecule has 2 fully saturated rings. The normalized spacial score (nSPS) is 34.2. The molecule has 4 aliphatic rings. The number of aromatic amines is 1. The van der Waals surface area contributed by atoms with Gasteiger partial charge < -0.3 is 34.1 Å². The Balaban J connectivity index is 1.29. The fraction of sp³-hybridized carbons (Fsp3) is 0.500. The second-order valence-electron chi connectivity index (χ2n) is 16.5. The number of aliphatic hydroxyl groups excluding tert-OH is 1. The number of allylic oxidation sites excluding steroid dienone is 4. The minimum Gasteiger partial charge on any atom is -0.389 e. The van der Waals surface area contributed by atoms with Crippen molar-refractivity contribution in [3.63, 3.8) is 0 Å². The summed E-state index contributed by atoms with van der Waals surface area (Å²) in [5.41, 5.74) is -0.469. The van der Waals surface area contributed by atoms with Crippen LogP contribution in [0.3, 0.4) is 0 Å². The maximum absolute atomic E-state index is 15.0. The van der Waals surface area contributed by atoms with Crippen LogP contribution in [0.1, 0.15) is 84.6 Å². The number of ketones is 2. The lowest BCUT2D eigenvalue weighted by Crippen LogP contribution is -2.65. The quantitative estimate of drug-likeness (QED) is 0.114. The number of aliphatic hydroxyl groups is 2. The molecule has 10 nitrogen and oxygen atoms in total. The number of rotatable bonds is 9. The van der Waals surface area contributed by atoms with Crippen molar-refractivity contribution in [1.29, 1.82) is 0 Å². The van der Waals surface area contributed by atoms with Crippen molar-refractivity contribution in [2.75, 3.05) is 6.61 Å². The van der Waals surface area contributed by atoms with E-state index in [0.29, 0.717) is 53.5 Å². The standard InChI is InChI=1S/C46H51IN2O8/c1-8-14-32-37-27(5)34(50)23-46(32,53)19-12-10-9-11-17-35(37)56-44-41(57-36-22-26(4)29(24-54-36)21-25(2)3)43(52)45(7,28(6)55-44)42(51)40-39-31(18-20-48-40)30-15-13-16-33(47)38(30)49-39/h9-10,13-16,18,20,25-26,28-29,35-36,41,43-44,49,52-53H,8,21-24H2,1-7H3/b10-9-,32-14+/t26?,28?,29?,35-,36?,41?,43?,44?,45?,46-/m0/s1. The van der Waals surface area contributed by atoms with Gasteiger partial charge >= 0.3 is 0 Å². The van der Waals surface area contributed by atoms with E-state index in [0.717, 1.165) is 26.3 Å². The van der Waals surface area contributed by atoms with Gasteiger partial charge in [-0.3, -0.25) is 14.6 Å². The first-order valence-corrected chi connectivity index (χ1v) is 21.0. The Morgan fingerprint density at radius 1 is 1.16 bits per heavy atom. The second-order valence-corrected chi connectivity index (χ2v) is 17.6. The van der Waals surface area contributed by atoms with Crippen LogP contribution in [0.5, 0.6) is 0 Å². The predicted molar refractivity (Wildman–Crippen MR) is 226 cm³/mol. The van der Waals surface area contributed by atoms with Gasteiger partial charge in [0.2, 0.25) is 0 Å². The highest BCUT2D eigenvalue weighted by Crippen LogP contribution is 2.45. The molecule has 2 saturated heterocycles. The molecule has 2 aliphatic heterocycles. The molecule has 0 amide bonds. The summed E-state index contributed by atoms with van der Waals surface area (Å²) in [4.78, 5) is 36.5. The van der Waals surface area contributed by atoms with Gasteiger partial charge in [-0.05, 0) is 109 Å². The Hall–Kier alpha value is -3.66. The minimum atomic E-state index is -1.76. The molecule has 2 bridgehead atoms. The molecule has 10 atom stereocenters. The van der Waals surface area contributed by atoms with Crippen molar-refractivity contribution < 1.29 is 38.7 Å². The van der Waals surface area contributed by atoms with Crippen molar-refractivity contribution in [1.82, 2.24) is 9.97 Å². The Bertz CT molecular complexity index is 2300. The van der Waals surface area contributed by atoms with Gasteiger partial charge in [0.15, 0.2) is 29.7 Å². The number of H-pyrrole nitrogens is 1. The van der Waals surface area contributed by atoms with Crippen LogP contribution in [0.15, 0.2) is 65.4 Å². The summed E-state index contributed by atoms with van der Waals surface area (Å²) in [5.74, 6) is 12.2. The Kier molecular flexibility index (Phi) is 12.0. The SMILES string of the molecule is CC/C=C1\C2=C(C)C(=O)C[C@@]1(O)C#C/C=C\C#C[C@@H]2OC1OC(C)C(C)(C(=O)c2nccc3c2[nH]c2c(I)cccc23)C(O)C1OC1CC(C)C(CC(C)C)CO1. The van der Waals surface area contributed by atoms with Crippen LogP contribution in [0.4, 0.5) is 0 Å². The molecule has 4 heterocycles. The maximum Gasteiger partial charge on any atom is 0.194 e. The highest BCUT2D eigenvalue weighted by Gasteiger charge is 2.59. The van der Waals surface area contributed by atoms with Crippen LogP contribution in [-0.2, 0) is 23.7 Å². The molecule has 3 N–H and O–H groups in total. The predicted octanol–water partition coefficient (Wildman–Crippen LogP) is 7.36. The molecule has 0 spiro atoms. The number of Topliss-reactive ketones (excluding diaryl/α,β-unsaturated/α-hetero) is 2. The zero-order valence-corrected chi connectivity index (χ0v) is 35.7. The Morgan fingerprint density at radius 2 is 1.91 bits per heavy atom. The number of halogens is 1. The van der Waals surface area contributed by atoms with E-state index in [9.17, 15) is 15.0 Å². The Morgan fingerprint density at radius 3 is 2.65 bits per heavy atom. The van der Waals surface area contributed by atoms with Crippen molar-refractivity contribution in [3.05, 3.63) is 74.7 Å².